The maximum atomic E-state index is 12.6. The van der Waals surface area contributed by atoms with Crippen molar-refractivity contribution in [2.75, 3.05) is 39.5 Å². The molecule has 6 nitrogen and oxygen atoms in total. The Morgan fingerprint density at radius 3 is 1.14 bits per heavy atom. The minimum absolute atomic E-state index is 0.167. The second kappa shape index (κ2) is 39.5. The summed E-state index contributed by atoms with van der Waals surface area (Å²) in [6, 6.07) is 0. The SMILES string of the molecule is CCCCCCCC/C(=C/C(=O)OCCCCCN(CCCO)CCCCCOC(=O)/C=C(\CCCCC)CCCCCCCC)CCCCC. The molecule has 0 heterocycles. The van der Waals surface area contributed by atoms with E-state index < -0.39 is 0 Å². The Labute approximate surface area is 317 Å². The van der Waals surface area contributed by atoms with Crippen LogP contribution >= 0.6 is 0 Å². The summed E-state index contributed by atoms with van der Waals surface area (Å²) in [4.78, 5) is 27.6. The molecule has 0 saturated heterocycles. The molecule has 0 aliphatic heterocycles. The lowest BCUT2D eigenvalue weighted by molar-refractivity contribution is -0.138. The van der Waals surface area contributed by atoms with Crippen LogP contribution in [0.5, 0.6) is 0 Å². The summed E-state index contributed by atoms with van der Waals surface area (Å²) in [5, 5.41) is 9.40. The number of ether oxygens (including phenoxy) is 2. The molecular formula is C45H85NO5. The van der Waals surface area contributed by atoms with Crippen molar-refractivity contribution >= 4 is 11.9 Å². The smallest absolute Gasteiger partial charge is 0.330 e. The van der Waals surface area contributed by atoms with E-state index in [2.05, 4.69) is 32.6 Å². The summed E-state index contributed by atoms with van der Waals surface area (Å²) in [6.07, 6.45) is 36.8. The van der Waals surface area contributed by atoms with Gasteiger partial charge in [-0.05, 0) is 109 Å². The fourth-order valence-electron chi connectivity index (χ4n) is 6.63. The molecule has 0 radical (unpaired) electrons. The first-order valence-electron chi connectivity index (χ1n) is 22.1. The molecule has 0 aromatic carbocycles. The number of carbonyl (C=O) groups excluding carboxylic acids is 2. The maximum absolute atomic E-state index is 12.6. The van der Waals surface area contributed by atoms with Crippen LogP contribution in [-0.4, -0.2) is 61.4 Å². The van der Waals surface area contributed by atoms with Crippen LogP contribution in [0.15, 0.2) is 23.3 Å². The first-order valence-corrected chi connectivity index (χ1v) is 22.1. The van der Waals surface area contributed by atoms with Gasteiger partial charge in [-0.15, -0.1) is 0 Å². The number of carbonyl (C=O) groups is 2. The molecular weight excluding hydrogens is 634 g/mol. The Morgan fingerprint density at radius 1 is 0.431 bits per heavy atom. The summed E-state index contributed by atoms with van der Waals surface area (Å²) in [6.45, 7) is 13.0. The minimum atomic E-state index is -0.167. The average molecular weight is 720 g/mol. The molecule has 1 N–H and O–H groups in total. The van der Waals surface area contributed by atoms with Crippen LogP contribution < -0.4 is 0 Å². The van der Waals surface area contributed by atoms with Crippen molar-refractivity contribution in [2.45, 2.75) is 214 Å². The van der Waals surface area contributed by atoms with Crippen LogP contribution in [0.25, 0.3) is 0 Å². The van der Waals surface area contributed by atoms with Gasteiger partial charge in [-0.2, -0.15) is 0 Å². The Balaban J connectivity index is 4.38. The van der Waals surface area contributed by atoms with Crippen molar-refractivity contribution in [3.8, 4) is 0 Å². The van der Waals surface area contributed by atoms with Crippen LogP contribution in [0.2, 0.25) is 0 Å². The molecule has 0 aromatic heterocycles. The second-order valence-corrected chi connectivity index (χ2v) is 14.9. The Kier molecular flexibility index (Phi) is 38.3. The second-order valence-electron chi connectivity index (χ2n) is 14.9. The average Bonchev–Trinajstić information content (AvgIpc) is 3.12. The fraction of sp³-hybridized carbons (Fsp3) is 0.867. The summed E-state index contributed by atoms with van der Waals surface area (Å²) in [5.41, 5.74) is 2.54. The lowest BCUT2D eigenvalue weighted by atomic mass is 10.00. The fourth-order valence-corrected chi connectivity index (χ4v) is 6.63. The normalized spacial score (nSPS) is 12.2. The van der Waals surface area contributed by atoms with Gasteiger partial charge in [0.25, 0.3) is 0 Å². The van der Waals surface area contributed by atoms with Crippen LogP contribution in [0.3, 0.4) is 0 Å². The summed E-state index contributed by atoms with van der Waals surface area (Å²) >= 11 is 0. The number of nitrogens with zero attached hydrogens (tertiary/aromatic N) is 1. The van der Waals surface area contributed by atoms with Crippen molar-refractivity contribution < 1.29 is 24.2 Å². The van der Waals surface area contributed by atoms with Gasteiger partial charge in [-0.1, -0.05) is 129 Å². The third-order valence-corrected chi connectivity index (χ3v) is 9.91. The lowest BCUT2D eigenvalue weighted by Gasteiger charge is -2.22. The zero-order chi connectivity index (χ0) is 37.5. The van der Waals surface area contributed by atoms with Crippen LogP contribution in [0, 0.1) is 0 Å². The van der Waals surface area contributed by atoms with E-state index in [1.54, 1.807) is 12.2 Å². The lowest BCUT2D eigenvalue weighted by Crippen LogP contribution is -2.28. The molecule has 0 aliphatic carbocycles. The molecule has 300 valence electrons. The molecule has 0 bridgehead atoms. The monoisotopic (exact) mass is 720 g/mol. The van der Waals surface area contributed by atoms with Crippen molar-refractivity contribution in [1.82, 2.24) is 4.90 Å². The van der Waals surface area contributed by atoms with E-state index in [1.807, 2.05) is 0 Å². The number of unbranched alkanes of at least 4 members (excludes halogenated alkanes) is 18. The molecule has 0 aromatic rings. The van der Waals surface area contributed by atoms with Crippen molar-refractivity contribution in [3.63, 3.8) is 0 Å². The van der Waals surface area contributed by atoms with E-state index in [0.29, 0.717) is 13.2 Å². The molecule has 0 aliphatic rings. The van der Waals surface area contributed by atoms with Crippen molar-refractivity contribution in [2.24, 2.45) is 0 Å². The van der Waals surface area contributed by atoms with Gasteiger partial charge in [-0.25, -0.2) is 9.59 Å². The maximum Gasteiger partial charge on any atom is 0.330 e. The third kappa shape index (κ3) is 35.2. The van der Waals surface area contributed by atoms with Crippen molar-refractivity contribution in [3.05, 3.63) is 23.3 Å². The largest absolute Gasteiger partial charge is 0.463 e. The zero-order valence-electron chi connectivity index (χ0n) is 34.4. The highest BCUT2D eigenvalue weighted by molar-refractivity contribution is 5.83. The molecule has 0 atom stereocenters. The topological polar surface area (TPSA) is 76.1 Å². The van der Waals surface area contributed by atoms with Gasteiger partial charge in [0.2, 0.25) is 0 Å². The third-order valence-electron chi connectivity index (χ3n) is 9.91. The predicted octanol–water partition coefficient (Wildman–Crippen LogP) is 12.6. The van der Waals surface area contributed by atoms with Crippen molar-refractivity contribution in [1.29, 1.82) is 0 Å². The number of aliphatic hydroxyl groups is 1. The highest BCUT2D eigenvalue weighted by atomic mass is 16.5. The number of rotatable bonds is 39. The van der Waals surface area contributed by atoms with E-state index >= 15 is 0 Å². The molecule has 6 heteroatoms. The van der Waals surface area contributed by atoms with E-state index in [4.69, 9.17) is 9.47 Å². The quantitative estimate of drug-likeness (QED) is 0.0387. The molecule has 0 fully saturated rings. The van der Waals surface area contributed by atoms with Gasteiger partial charge in [0.15, 0.2) is 0 Å². The first kappa shape index (κ1) is 49.3. The standard InChI is InChI=1S/C45H85NO5/c1-5-9-13-15-17-23-32-42(30-21-11-7-3)40-44(48)50-38-27-19-25-34-46(36-29-37-47)35-26-20-28-39-51-45(49)41-43(31-22-12-8-4)33-24-18-16-14-10-6-2/h40-41,47H,5-39H2,1-4H3/b42-40+,43-41+. The Hall–Kier alpha value is -1.66. The van der Waals surface area contributed by atoms with Crippen LogP contribution in [-0.2, 0) is 19.1 Å². The molecule has 0 unspecified atom stereocenters. The Morgan fingerprint density at radius 2 is 0.745 bits per heavy atom. The number of allylic oxidation sites excluding steroid dienone is 2. The van der Waals surface area contributed by atoms with Gasteiger partial charge >= 0.3 is 11.9 Å². The van der Waals surface area contributed by atoms with E-state index in [-0.39, 0.29) is 18.5 Å². The zero-order valence-corrected chi connectivity index (χ0v) is 34.4. The van der Waals surface area contributed by atoms with E-state index in [0.717, 1.165) is 103 Å². The van der Waals surface area contributed by atoms with Gasteiger partial charge in [-0.3, -0.25) is 0 Å². The van der Waals surface area contributed by atoms with Gasteiger partial charge in [0, 0.05) is 25.3 Å². The molecule has 0 amide bonds. The van der Waals surface area contributed by atoms with E-state index in [1.165, 1.54) is 114 Å². The minimum Gasteiger partial charge on any atom is -0.463 e. The highest BCUT2D eigenvalue weighted by Gasteiger charge is 2.08. The number of esters is 2. The highest BCUT2D eigenvalue weighted by Crippen LogP contribution is 2.19. The van der Waals surface area contributed by atoms with Crippen LogP contribution in [0.4, 0.5) is 0 Å². The molecule has 51 heavy (non-hydrogen) atoms. The molecule has 0 saturated carbocycles. The van der Waals surface area contributed by atoms with E-state index in [9.17, 15) is 14.7 Å². The molecule has 0 rings (SSSR count). The molecule has 0 spiro atoms. The number of hydrogen-bond acceptors (Lipinski definition) is 6. The van der Waals surface area contributed by atoms with Gasteiger partial charge in [0.05, 0.1) is 13.2 Å². The summed E-state index contributed by atoms with van der Waals surface area (Å²) < 4.78 is 11.2. The number of hydrogen-bond donors (Lipinski definition) is 1. The first-order chi connectivity index (χ1) is 25.0. The number of aliphatic hydroxyl groups excluding tert-OH is 1. The Bertz CT molecular complexity index is 774. The summed E-state index contributed by atoms with van der Waals surface area (Å²) in [5.74, 6) is -0.335. The van der Waals surface area contributed by atoms with Gasteiger partial charge in [0.1, 0.15) is 0 Å². The predicted molar refractivity (Wildman–Crippen MR) is 218 cm³/mol. The summed E-state index contributed by atoms with van der Waals surface area (Å²) in [7, 11) is 0. The van der Waals surface area contributed by atoms with Crippen LogP contribution in [0.1, 0.15) is 214 Å². The van der Waals surface area contributed by atoms with Gasteiger partial charge < -0.3 is 19.5 Å².